The van der Waals surface area contributed by atoms with Gasteiger partial charge in [0, 0.05) is 32.3 Å². The molecule has 22 heavy (non-hydrogen) atoms. The van der Waals surface area contributed by atoms with Gasteiger partial charge in [0.25, 0.3) is 0 Å². The summed E-state index contributed by atoms with van der Waals surface area (Å²) in [6.07, 6.45) is 3.12. The van der Waals surface area contributed by atoms with E-state index < -0.39 is 5.97 Å². The lowest BCUT2D eigenvalue weighted by Crippen LogP contribution is -2.46. The molecule has 0 aromatic heterocycles. The van der Waals surface area contributed by atoms with Crippen molar-refractivity contribution >= 4 is 18.0 Å². The van der Waals surface area contributed by atoms with Crippen LogP contribution in [0.25, 0.3) is 6.08 Å². The molecule has 1 N–H and O–H groups in total. The number of rotatable bonds is 4. The molecule has 118 valence electrons. The standard InChI is InChI=1S/C16H20N2O4/c1-17-7-9-18(10-8-17)15(19)6-4-12-3-5-14(22-2)13(11-12)16(20)21/h3-6,11H,7-10H2,1-2H3,(H,20,21). The van der Waals surface area contributed by atoms with Crippen LogP contribution in [-0.2, 0) is 4.79 Å². The van der Waals surface area contributed by atoms with Gasteiger partial charge in [0.15, 0.2) is 0 Å². The molecular weight excluding hydrogens is 284 g/mol. The molecule has 0 bridgehead atoms. The highest BCUT2D eigenvalue weighted by atomic mass is 16.5. The maximum Gasteiger partial charge on any atom is 0.339 e. The Morgan fingerprint density at radius 2 is 1.91 bits per heavy atom. The van der Waals surface area contributed by atoms with Crippen LogP contribution >= 0.6 is 0 Å². The molecule has 0 radical (unpaired) electrons. The van der Waals surface area contributed by atoms with E-state index in [1.807, 2.05) is 7.05 Å². The Labute approximate surface area is 129 Å². The third-order valence-electron chi connectivity index (χ3n) is 3.69. The van der Waals surface area contributed by atoms with Gasteiger partial charge >= 0.3 is 5.97 Å². The van der Waals surface area contributed by atoms with Gasteiger partial charge in [0.2, 0.25) is 5.91 Å². The summed E-state index contributed by atoms with van der Waals surface area (Å²) < 4.78 is 5.01. The Morgan fingerprint density at radius 3 is 2.50 bits per heavy atom. The highest BCUT2D eigenvalue weighted by Crippen LogP contribution is 2.20. The number of methoxy groups -OCH3 is 1. The molecule has 1 aromatic rings. The predicted molar refractivity (Wildman–Crippen MR) is 83.1 cm³/mol. The smallest absolute Gasteiger partial charge is 0.339 e. The SMILES string of the molecule is COc1ccc(C=CC(=O)N2CCN(C)CC2)cc1C(=O)O. The van der Waals surface area contributed by atoms with Crippen LogP contribution in [0.2, 0.25) is 0 Å². The number of hydrogen-bond donors (Lipinski definition) is 1. The lowest BCUT2D eigenvalue weighted by molar-refractivity contribution is -0.127. The third-order valence-corrected chi connectivity index (χ3v) is 3.69. The minimum absolute atomic E-state index is 0.0548. The number of ether oxygens (including phenoxy) is 1. The first-order valence-corrected chi connectivity index (χ1v) is 7.08. The van der Waals surface area contributed by atoms with Crippen LogP contribution in [0.5, 0.6) is 5.75 Å². The first-order chi connectivity index (χ1) is 10.5. The minimum atomic E-state index is -1.06. The van der Waals surface area contributed by atoms with Gasteiger partial charge in [-0.15, -0.1) is 0 Å². The largest absolute Gasteiger partial charge is 0.496 e. The van der Waals surface area contributed by atoms with Gasteiger partial charge in [-0.1, -0.05) is 6.07 Å². The average molecular weight is 304 g/mol. The Balaban J connectivity index is 2.08. The number of aromatic carboxylic acids is 1. The van der Waals surface area contributed by atoms with Crippen LogP contribution in [0.3, 0.4) is 0 Å². The summed E-state index contributed by atoms with van der Waals surface area (Å²) >= 11 is 0. The first-order valence-electron chi connectivity index (χ1n) is 7.08. The molecule has 0 unspecified atom stereocenters. The summed E-state index contributed by atoms with van der Waals surface area (Å²) in [7, 11) is 3.45. The monoisotopic (exact) mass is 304 g/mol. The summed E-state index contributed by atoms with van der Waals surface area (Å²) in [5, 5.41) is 9.14. The van der Waals surface area contributed by atoms with E-state index in [4.69, 9.17) is 9.84 Å². The van der Waals surface area contributed by atoms with Crippen LogP contribution in [0.15, 0.2) is 24.3 Å². The van der Waals surface area contributed by atoms with Gasteiger partial charge in [0.1, 0.15) is 11.3 Å². The zero-order chi connectivity index (χ0) is 16.1. The van der Waals surface area contributed by atoms with E-state index in [9.17, 15) is 9.59 Å². The van der Waals surface area contributed by atoms with Crippen LogP contribution < -0.4 is 4.74 Å². The van der Waals surface area contributed by atoms with Crippen molar-refractivity contribution in [2.24, 2.45) is 0 Å². The maximum atomic E-state index is 12.1. The minimum Gasteiger partial charge on any atom is -0.496 e. The average Bonchev–Trinajstić information content (AvgIpc) is 2.53. The Morgan fingerprint density at radius 1 is 1.23 bits per heavy atom. The van der Waals surface area contributed by atoms with Gasteiger partial charge in [-0.2, -0.15) is 0 Å². The molecule has 1 aliphatic heterocycles. The van der Waals surface area contributed by atoms with Crippen LogP contribution in [0.1, 0.15) is 15.9 Å². The summed E-state index contributed by atoms with van der Waals surface area (Å²) in [6, 6.07) is 4.80. The lowest BCUT2D eigenvalue weighted by Gasteiger charge is -2.31. The number of carbonyl (C=O) groups is 2. The second-order valence-corrected chi connectivity index (χ2v) is 5.23. The van der Waals surface area contributed by atoms with Crippen molar-refractivity contribution in [1.29, 1.82) is 0 Å². The van der Waals surface area contributed by atoms with E-state index >= 15 is 0 Å². The number of piperazine rings is 1. The molecule has 1 aromatic carbocycles. The zero-order valence-electron chi connectivity index (χ0n) is 12.8. The number of hydrogen-bond acceptors (Lipinski definition) is 4. The van der Waals surface area contributed by atoms with E-state index in [0.29, 0.717) is 24.4 Å². The van der Waals surface area contributed by atoms with Gasteiger partial charge in [0.05, 0.1) is 7.11 Å². The van der Waals surface area contributed by atoms with Gasteiger partial charge in [-0.3, -0.25) is 4.79 Å². The molecule has 1 aliphatic rings. The summed E-state index contributed by atoms with van der Waals surface area (Å²) in [5.74, 6) is -0.812. The Kier molecular flexibility index (Phi) is 5.16. The van der Waals surface area contributed by atoms with Crippen molar-refractivity contribution in [3.8, 4) is 5.75 Å². The highest BCUT2D eigenvalue weighted by Gasteiger charge is 2.17. The summed E-state index contributed by atoms with van der Waals surface area (Å²) in [4.78, 5) is 27.2. The van der Waals surface area contributed by atoms with Gasteiger partial charge in [-0.25, -0.2) is 4.79 Å². The van der Waals surface area contributed by atoms with Crippen LogP contribution in [0.4, 0.5) is 0 Å². The van der Waals surface area contributed by atoms with E-state index in [2.05, 4.69) is 4.90 Å². The molecule has 1 saturated heterocycles. The number of benzene rings is 1. The summed E-state index contributed by atoms with van der Waals surface area (Å²) in [5.41, 5.74) is 0.734. The van der Waals surface area contributed by atoms with Gasteiger partial charge in [-0.05, 0) is 30.8 Å². The second-order valence-electron chi connectivity index (χ2n) is 5.23. The highest BCUT2D eigenvalue weighted by molar-refractivity contribution is 5.94. The van der Waals surface area contributed by atoms with Crippen molar-refractivity contribution in [1.82, 2.24) is 9.80 Å². The van der Waals surface area contributed by atoms with Crippen molar-refractivity contribution in [2.45, 2.75) is 0 Å². The molecule has 6 heteroatoms. The molecule has 0 spiro atoms. The van der Waals surface area contributed by atoms with Crippen LogP contribution in [0, 0.1) is 0 Å². The van der Waals surface area contributed by atoms with Crippen molar-refractivity contribution in [3.05, 3.63) is 35.4 Å². The van der Waals surface area contributed by atoms with E-state index in [0.717, 1.165) is 13.1 Å². The molecule has 1 amide bonds. The second kappa shape index (κ2) is 7.09. The van der Waals surface area contributed by atoms with Crippen molar-refractivity contribution in [2.75, 3.05) is 40.3 Å². The molecule has 6 nitrogen and oxygen atoms in total. The molecule has 0 atom stereocenters. The fraction of sp³-hybridized carbons (Fsp3) is 0.375. The number of carboxylic acid groups (broad SMARTS) is 1. The third kappa shape index (κ3) is 3.85. The van der Waals surface area contributed by atoms with E-state index in [1.165, 1.54) is 19.3 Å². The zero-order valence-corrected chi connectivity index (χ0v) is 12.8. The maximum absolute atomic E-state index is 12.1. The quantitative estimate of drug-likeness (QED) is 0.846. The fourth-order valence-electron chi connectivity index (χ4n) is 2.30. The Bertz CT molecular complexity index is 590. The molecule has 2 rings (SSSR count). The van der Waals surface area contributed by atoms with Crippen molar-refractivity contribution in [3.63, 3.8) is 0 Å². The van der Waals surface area contributed by atoms with Crippen molar-refractivity contribution < 1.29 is 19.4 Å². The molecule has 1 heterocycles. The number of amides is 1. The summed E-state index contributed by atoms with van der Waals surface area (Å²) in [6.45, 7) is 3.15. The Hall–Kier alpha value is -2.34. The normalized spacial score (nSPS) is 16.0. The number of nitrogens with zero attached hydrogens (tertiary/aromatic N) is 2. The fourth-order valence-corrected chi connectivity index (χ4v) is 2.30. The molecular formula is C16H20N2O4. The predicted octanol–water partition coefficient (Wildman–Crippen LogP) is 1.18. The topological polar surface area (TPSA) is 70.1 Å². The van der Waals surface area contributed by atoms with E-state index in [-0.39, 0.29) is 11.5 Å². The number of carboxylic acids is 1. The first kappa shape index (κ1) is 16.0. The lowest BCUT2D eigenvalue weighted by atomic mass is 10.1. The van der Waals surface area contributed by atoms with Crippen LogP contribution in [-0.4, -0.2) is 67.1 Å². The molecule has 1 fully saturated rings. The molecule has 0 aliphatic carbocycles. The number of likely N-dealkylation sites (N-methyl/N-ethyl adjacent to an activating group) is 1. The van der Waals surface area contributed by atoms with E-state index in [1.54, 1.807) is 23.1 Å². The number of carbonyl (C=O) groups excluding carboxylic acids is 1. The van der Waals surface area contributed by atoms with Gasteiger partial charge < -0.3 is 19.6 Å². The molecule has 0 saturated carbocycles.